The Morgan fingerprint density at radius 3 is 2.58 bits per heavy atom. The lowest BCUT2D eigenvalue weighted by Crippen LogP contribution is -2.58. The number of allylic oxidation sites excluding steroid dienone is 1. The first-order valence-corrected chi connectivity index (χ1v) is 16.9. The minimum Gasteiger partial charge on any atom is -0.497 e. The van der Waals surface area contributed by atoms with Crippen molar-refractivity contribution < 1.29 is 38.5 Å². The largest absolute Gasteiger partial charge is 0.497 e. The number of hydrogen-bond acceptors (Lipinski definition) is 8. The molecule has 13 heteroatoms. The number of aromatic nitrogens is 1. The molecule has 2 aromatic carbocycles. The minimum absolute atomic E-state index is 0.00649. The summed E-state index contributed by atoms with van der Waals surface area (Å²) < 4.78 is 17.5. The number of hydrogen-bond donors (Lipinski definition) is 3. The average Bonchev–Trinajstić information content (AvgIpc) is 3.61. The number of urea groups is 1. The van der Waals surface area contributed by atoms with Crippen LogP contribution < -0.4 is 20.2 Å². The molecule has 0 bridgehead atoms. The van der Waals surface area contributed by atoms with Crippen LogP contribution >= 0.6 is 0 Å². The second-order valence-electron chi connectivity index (χ2n) is 13.9. The lowest BCUT2D eigenvalue weighted by atomic mass is 10.1. The van der Waals surface area contributed by atoms with E-state index < -0.39 is 47.3 Å². The maximum absolute atomic E-state index is 14.3. The Labute approximate surface area is 290 Å². The molecule has 6 rings (SSSR count). The van der Waals surface area contributed by atoms with Crippen molar-refractivity contribution in [2.24, 2.45) is 5.92 Å². The van der Waals surface area contributed by atoms with Gasteiger partial charge in [0.1, 0.15) is 34.8 Å². The summed E-state index contributed by atoms with van der Waals surface area (Å²) in [5.74, 6) is -0.967. The molecular formula is C37H43N5O8. The van der Waals surface area contributed by atoms with Gasteiger partial charge in [-0.15, -0.1) is 0 Å². The molecular weight excluding hydrogens is 642 g/mol. The number of ether oxygens (including phenoxy) is 3. The first-order chi connectivity index (χ1) is 23.9. The van der Waals surface area contributed by atoms with Gasteiger partial charge in [0.05, 0.1) is 24.9 Å². The number of methoxy groups -OCH3 is 1. The zero-order valence-corrected chi connectivity index (χ0v) is 28.7. The highest BCUT2D eigenvalue weighted by Crippen LogP contribution is 2.45. The molecule has 2 aliphatic heterocycles. The Balaban J connectivity index is 1.34. The van der Waals surface area contributed by atoms with Gasteiger partial charge in [-0.05, 0) is 58.6 Å². The molecule has 13 nitrogen and oxygen atoms in total. The summed E-state index contributed by atoms with van der Waals surface area (Å²) >= 11 is 0. The topological polar surface area (TPSA) is 160 Å². The van der Waals surface area contributed by atoms with Crippen molar-refractivity contribution in [1.29, 1.82) is 0 Å². The van der Waals surface area contributed by atoms with Gasteiger partial charge >= 0.3 is 18.1 Å². The van der Waals surface area contributed by atoms with E-state index in [0.29, 0.717) is 47.4 Å². The van der Waals surface area contributed by atoms with E-state index >= 15 is 0 Å². The van der Waals surface area contributed by atoms with Crippen molar-refractivity contribution in [3.63, 3.8) is 0 Å². The van der Waals surface area contributed by atoms with E-state index in [1.54, 1.807) is 33.9 Å². The van der Waals surface area contributed by atoms with Crippen LogP contribution in [0.5, 0.6) is 11.5 Å². The first-order valence-electron chi connectivity index (χ1n) is 16.9. The number of hydrazine groups is 1. The highest BCUT2D eigenvalue weighted by Gasteiger charge is 2.61. The van der Waals surface area contributed by atoms with Crippen LogP contribution in [-0.4, -0.2) is 87.5 Å². The van der Waals surface area contributed by atoms with Gasteiger partial charge in [-0.25, -0.2) is 29.8 Å². The van der Waals surface area contributed by atoms with Crippen LogP contribution in [0.3, 0.4) is 0 Å². The normalized spacial score (nSPS) is 24.0. The van der Waals surface area contributed by atoms with Gasteiger partial charge in [-0.3, -0.25) is 4.79 Å². The number of nitrogens with zero attached hydrogens (tertiary/aromatic N) is 3. The molecule has 264 valence electrons. The van der Waals surface area contributed by atoms with Crippen LogP contribution in [0.4, 0.5) is 9.59 Å². The van der Waals surface area contributed by atoms with E-state index in [0.717, 1.165) is 5.56 Å². The molecule has 0 radical (unpaired) electrons. The van der Waals surface area contributed by atoms with Gasteiger partial charge in [-0.2, -0.15) is 0 Å². The SMILES string of the molecule is COc1ccc2c(O[C@@H]3C[C@H]4C(=O)N[C@]5(C(=O)O)CC5C=CCCCCN(NC(=O)OC(C)(C)C)C(=O)N4C3)cc(-c3ccccc3)nc2c1. The Morgan fingerprint density at radius 1 is 1.08 bits per heavy atom. The molecule has 3 aromatic rings. The van der Waals surface area contributed by atoms with Gasteiger partial charge in [0.15, 0.2) is 0 Å². The number of amides is 4. The van der Waals surface area contributed by atoms with Gasteiger partial charge < -0.3 is 29.5 Å². The van der Waals surface area contributed by atoms with Crippen LogP contribution in [0, 0.1) is 5.92 Å². The van der Waals surface area contributed by atoms with Crippen molar-refractivity contribution in [3.8, 4) is 22.8 Å². The van der Waals surface area contributed by atoms with Crippen molar-refractivity contribution in [2.75, 3.05) is 20.2 Å². The summed E-state index contributed by atoms with van der Waals surface area (Å²) in [5.41, 5.74) is 2.48. The third kappa shape index (κ3) is 7.46. The van der Waals surface area contributed by atoms with Crippen LogP contribution in [0.25, 0.3) is 22.2 Å². The van der Waals surface area contributed by atoms with Crippen LogP contribution in [0.2, 0.25) is 0 Å². The summed E-state index contributed by atoms with van der Waals surface area (Å²) in [4.78, 5) is 59.7. The standard InChI is InChI=1S/C37H43N5O8/c1-36(2,3)50-34(46)40-42-17-11-6-5-10-14-24-21-37(24,33(44)45)39-32(43)30-19-26(22-41(30)35(42)47)49-31-20-28(23-12-8-7-9-13-23)38-29-18-25(48-4)15-16-27(29)31/h7-10,12-16,18,20,24,26,30H,5-6,11,17,19,21-22H2,1-4H3,(H,39,43)(H,40,46)(H,44,45)/t24?,26-,30+,37-/m1/s1. The van der Waals surface area contributed by atoms with Gasteiger partial charge in [-0.1, -0.05) is 42.5 Å². The lowest BCUT2D eigenvalue weighted by Gasteiger charge is -2.32. The fourth-order valence-electron chi connectivity index (χ4n) is 6.50. The molecule has 2 fully saturated rings. The van der Waals surface area contributed by atoms with Crippen LogP contribution in [0.1, 0.15) is 52.9 Å². The monoisotopic (exact) mass is 685 g/mol. The fraction of sp³-hybridized carbons (Fsp3) is 0.432. The fourth-order valence-corrected chi connectivity index (χ4v) is 6.50. The van der Waals surface area contributed by atoms with Crippen molar-refractivity contribution in [1.82, 2.24) is 25.6 Å². The first kappa shape index (κ1) is 34.5. The molecule has 0 spiro atoms. The van der Waals surface area contributed by atoms with E-state index in [1.807, 2.05) is 60.7 Å². The molecule has 1 saturated heterocycles. The number of benzene rings is 2. The molecule has 1 saturated carbocycles. The highest BCUT2D eigenvalue weighted by atomic mass is 16.6. The van der Waals surface area contributed by atoms with Gasteiger partial charge in [0.25, 0.3) is 0 Å². The smallest absolute Gasteiger partial charge is 0.426 e. The summed E-state index contributed by atoms with van der Waals surface area (Å²) in [5, 5.41) is 14.8. The van der Waals surface area contributed by atoms with Gasteiger partial charge in [0.2, 0.25) is 5.91 Å². The van der Waals surface area contributed by atoms with E-state index in [1.165, 1.54) is 9.91 Å². The van der Waals surface area contributed by atoms with Gasteiger partial charge in [0, 0.05) is 42.0 Å². The molecule has 3 aliphatic rings. The summed E-state index contributed by atoms with van der Waals surface area (Å²) in [7, 11) is 1.58. The molecule has 50 heavy (non-hydrogen) atoms. The minimum atomic E-state index is -1.45. The molecule has 1 aliphatic carbocycles. The van der Waals surface area contributed by atoms with E-state index in [2.05, 4.69) is 10.7 Å². The molecule has 1 aromatic heterocycles. The molecule has 4 atom stereocenters. The molecule has 3 N–H and O–H groups in total. The zero-order chi connectivity index (χ0) is 35.6. The third-order valence-electron chi connectivity index (χ3n) is 9.12. The highest BCUT2D eigenvalue weighted by molar-refractivity contribution is 5.95. The summed E-state index contributed by atoms with van der Waals surface area (Å²) in [6.07, 6.45) is 4.49. The Hall–Kier alpha value is -5.33. The second-order valence-corrected chi connectivity index (χ2v) is 13.9. The number of fused-ring (bicyclic) bond motifs is 3. The summed E-state index contributed by atoms with van der Waals surface area (Å²) in [6.45, 7) is 5.32. The van der Waals surface area contributed by atoms with Crippen molar-refractivity contribution in [2.45, 2.75) is 76.2 Å². The zero-order valence-electron chi connectivity index (χ0n) is 28.7. The number of aliphatic carboxylic acids is 1. The maximum Gasteiger partial charge on any atom is 0.426 e. The maximum atomic E-state index is 14.3. The number of pyridine rings is 1. The lowest BCUT2D eigenvalue weighted by molar-refractivity contribution is -0.144. The number of carbonyl (C=O) groups is 4. The third-order valence-corrected chi connectivity index (χ3v) is 9.12. The number of carboxylic acid groups (broad SMARTS) is 1. The Kier molecular flexibility index (Phi) is 9.59. The predicted molar refractivity (Wildman–Crippen MR) is 184 cm³/mol. The van der Waals surface area contributed by atoms with E-state index in [9.17, 15) is 24.3 Å². The quantitative estimate of drug-likeness (QED) is 0.293. The number of carbonyl (C=O) groups excluding carboxylic acids is 3. The Morgan fingerprint density at radius 2 is 1.86 bits per heavy atom. The molecule has 4 amide bonds. The van der Waals surface area contributed by atoms with Crippen LogP contribution in [-0.2, 0) is 14.3 Å². The van der Waals surface area contributed by atoms with Crippen molar-refractivity contribution in [3.05, 3.63) is 66.7 Å². The molecule has 3 heterocycles. The average molecular weight is 686 g/mol. The predicted octanol–water partition coefficient (Wildman–Crippen LogP) is 5.29. The van der Waals surface area contributed by atoms with E-state index in [-0.39, 0.29) is 31.8 Å². The number of nitrogens with one attached hydrogen (secondary N) is 2. The number of carboxylic acids is 1. The number of rotatable bonds is 6. The Bertz CT molecular complexity index is 1810. The van der Waals surface area contributed by atoms with Crippen LogP contribution in [0.15, 0.2) is 66.7 Å². The van der Waals surface area contributed by atoms with Crippen molar-refractivity contribution >= 4 is 34.9 Å². The second kappa shape index (κ2) is 13.9. The molecule has 1 unspecified atom stereocenters. The van der Waals surface area contributed by atoms with E-state index in [4.69, 9.17) is 19.2 Å². The summed E-state index contributed by atoms with van der Waals surface area (Å²) in [6, 6.07) is 15.2.